The number of carbonyl (C=O) groups is 1. The second kappa shape index (κ2) is 6.22. The average molecular weight is 318 g/mol. The van der Waals surface area contributed by atoms with Crippen molar-refractivity contribution >= 4 is 32.1 Å². The third kappa shape index (κ3) is 3.32. The Labute approximate surface area is 138 Å². The van der Waals surface area contributed by atoms with Gasteiger partial charge in [0.2, 0.25) is 0 Å². The Morgan fingerprint density at radius 3 is 2.32 bits per heavy atom. The SMILES string of the molecule is Cc1ccc(C=O)cc1C=C(CS)B1OC(C)(C)C(C)(C)O1. The van der Waals surface area contributed by atoms with Gasteiger partial charge in [-0.1, -0.05) is 18.2 Å². The molecule has 0 saturated carbocycles. The molecule has 1 heterocycles. The van der Waals surface area contributed by atoms with Crippen LogP contribution < -0.4 is 0 Å². The summed E-state index contributed by atoms with van der Waals surface area (Å²) in [6, 6.07) is 5.63. The van der Waals surface area contributed by atoms with Gasteiger partial charge in [0.1, 0.15) is 6.29 Å². The molecule has 1 aromatic carbocycles. The zero-order chi connectivity index (χ0) is 16.5. The first-order valence-electron chi connectivity index (χ1n) is 7.43. The van der Waals surface area contributed by atoms with Gasteiger partial charge in [0.05, 0.1) is 11.2 Å². The first kappa shape index (κ1) is 17.3. The molecule has 0 spiro atoms. The standard InChI is InChI=1S/C17H23BO3S/c1-12-6-7-13(10-19)8-14(12)9-15(11-22)18-20-16(2,3)17(4,5)21-18/h6-10,22H,11H2,1-5H3. The van der Waals surface area contributed by atoms with Gasteiger partial charge in [0.25, 0.3) is 0 Å². The summed E-state index contributed by atoms with van der Waals surface area (Å²) in [5.74, 6) is 0.529. The maximum Gasteiger partial charge on any atom is 0.491 e. The molecule has 5 heteroatoms. The largest absolute Gasteiger partial charge is 0.491 e. The van der Waals surface area contributed by atoms with Gasteiger partial charge in [-0.15, -0.1) is 0 Å². The van der Waals surface area contributed by atoms with E-state index < -0.39 is 7.12 Å². The van der Waals surface area contributed by atoms with E-state index in [4.69, 9.17) is 9.31 Å². The molecule has 1 aromatic rings. The van der Waals surface area contributed by atoms with Crippen LogP contribution in [-0.2, 0) is 9.31 Å². The molecule has 0 radical (unpaired) electrons. The molecule has 1 aliphatic rings. The van der Waals surface area contributed by atoms with E-state index in [1.807, 2.05) is 58.9 Å². The molecule has 0 N–H and O–H groups in total. The maximum atomic E-state index is 11.0. The van der Waals surface area contributed by atoms with Crippen LogP contribution in [0.15, 0.2) is 23.7 Å². The number of hydrogen-bond donors (Lipinski definition) is 1. The van der Waals surface area contributed by atoms with Crippen molar-refractivity contribution in [3.63, 3.8) is 0 Å². The fourth-order valence-corrected chi connectivity index (χ4v) is 2.51. The van der Waals surface area contributed by atoms with Crippen LogP contribution in [0, 0.1) is 6.92 Å². The second-order valence-corrected chi connectivity index (χ2v) is 7.02. The van der Waals surface area contributed by atoms with E-state index in [1.165, 1.54) is 0 Å². The minimum Gasteiger partial charge on any atom is -0.400 e. The molecular formula is C17H23BO3S. The molecule has 2 rings (SSSR count). The summed E-state index contributed by atoms with van der Waals surface area (Å²) in [7, 11) is -0.415. The zero-order valence-corrected chi connectivity index (χ0v) is 14.7. The van der Waals surface area contributed by atoms with Crippen LogP contribution in [0.4, 0.5) is 0 Å². The van der Waals surface area contributed by atoms with Crippen molar-refractivity contribution in [1.82, 2.24) is 0 Å². The Hall–Kier alpha value is -1.04. The van der Waals surface area contributed by atoms with Crippen molar-refractivity contribution in [1.29, 1.82) is 0 Å². The van der Waals surface area contributed by atoms with Crippen LogP contribution in [0.3, 0.4) is 0 Å². The summed E-state index contributed by atoms with van der Waals surface area (Å²) < 4.78 is 12.2. The fraction of sp³-hybridized carbons (Fsp3) is 0.471. The van der Waals surface area contributed by atoms with Gasteiger partial charge in [-0.25, -0.2) is 0 Å². The monoisotopic (exact) mass is 318 g/mol. The number of benzene rings is 1. The van der Waals surface area contributed by atoms with Crippen LogP contribution in [0.5, 0.6) is 0 Å². The molecule has 0 bridgehead atoms. The molecule has 118 valence electrons. The van der Waals surface area contributed by atoms with Crippen molar-refractivity contribution in [3.8, 4) is 0 Å². The topological polar surface area (TPSA) is 35.5 Å². The van der Waals surface area contributed by atoms with Crippen molar-refractivity contribution in [2.75, 3.05) is 5.75 Å². The van der Waals surface area contributed by atoms with E-state index in [9.17, 15) is 4.79 Å². The van der Waals surface area contributed by atoms with Gasteiger partial charge in [-0.2, -0.15) is 12.6 Å². The normalized spacial score (nSPS) is 20.3. The van der Waals surface area contributed by atoms with E-state index >= 15 is 0 Å². The minimum atomic E-state index is -0.415. The molecule has 3 nitrogen and oxygen atoms in total. The Balaban J connectivity index is 2.35. The molecular weight excluding hydrogens is 295 g/mol. The van der Waals surface area contributed by atoms with Gasteiger partial charge >= 0.3 is 7.12 Å². The predicted molar refractivity (Wildman–Crippen MR) is 94.5 cm³/mol. The average Bonchev–Trinajstić information content (AvgIpc) is 2.66. The Morgan fingerprint density at radius 1 is 1.23 bits per heavy atom. The van der Waals surface area contributed by atoms with Gasteiger partial charge in [-0.3, -0.25) is 4.79 Å². The Kier molecular flexibility index (Phi) is 4.90. The third-order valence-electron chi connectivity index (χ3n) is 4.52. The number of thiol groups is 1. The lowest BCUT2D eigenvalue weighted by Crippen LogP contribution is -2.41. The van der Waals surface area contributed by atoms with E-state index in [1.54, 1.807) is 0 Å². The van der Waals surface area contributed by atoms with Gasteiger partial charge in [0, 0.05) is 11.3 Å². The second-order valence-electron chi connectivity index (χ2n) is 6.70. The molecule has 0 aliphatic carbocycles. The van der Waals surface area contributed by atoms with Gasteiger partial charge in [-0.05, 0) is 57.3 Å². The highest BCUT2D eigenvalue weighted by molar-refractivity contribution is 7.80. The van der Waals surface area contributed by atoms with Crippen LogP contribution in [0.25, 0.3) is 6.08 Å². The van der Waals surface area contributed by atoms with E-state index in [0.29, 0.717) is 11.3 Å². The molecule has 0 amide bonds. The molecule has 1 fully saturated rings. The van der Waals surface area contributed by atoms with Crippen LogP contribution in [-0.4, -0.2) is 30.4 Å². The fourth-order valence-electron chi connectivity index (χ4n) is 2.27. The smallest absolute Gasteiger partial charge is 0.400 e. The highest BCUT2D eigenvalue weighted by atomic mass is 32.1. The first-order chi connectivity index (χ1) is 10.2. The third-order valence-corrected chi connectivity index (χ3v) is 4.88. The highest BCUT2D eigenvalue weighted by Crippen LogP contribution is 2.39. The summed E-state index contributed by atoms with van der Waals surface area (Å²) in [6.07, 6.45) is 2.86. The van der Waals surface area contributed by atoms with Crippen molar-refractivity contribution < 1.29 is 14.1 Å². The van der Waals surface area contributed by atoms with Crippen molar-refractivity contribution in [2.24, 2.45) is 0 Å². The van der Waals surface area contributed by atoms with E-state index in [2.05, 4.69) is 12.6 Å². The predicted octanol–water partition coefficient (Wildman–Crippen LogP) is 3.75. The number of aryl methyl sites for hydroxylation is 1. The van der Waals surface area contributed by atoms with Crippen LogP contribution in [0.2, 0.25) is 0 Å². The highest BCUT2D eigenvalue weighted by Gasteiger charge is 2.52. The lowest BCUT2D eigenvalue weighted by Gasteiger charge is -2.32. The summed E-state index contributed by atoms with van der Waals surface area (Å²) in [5.41, 5.74) is 2.95. The quantitative estimate of drug-likeness (QED) is 0.522. The van der Waals surface area contributed by atoms with Gasteiger partial charge in [0.15, 0.2) is 0 Å². The summed E-state index contributed by atoms with van der Waals surface area (Å²) in [5, 5.41) is 0. The Bertz CT molecular complexity index is 592. The molecule has 1 aliphatic heterocycles. The number of carbonyl (C=O) groups excluding carboxylic acids is 1. The number of aldehydes is 1. The van der Waals surface area contributed by atoms with Gasteiger partial charge < -0.3 is 9.31 Å². The number of rotatable bonds is 4. The molecule has 0 atom stereocenters. The van der Waals surface area contributed by atoms with Crippen LogP contribution in [0.1, 0.15) is 49.2 Å². The molecule has 0 unspecified atom stereocenters. The van der Waals surface area contributed by atoms with E-state index in [0.717, 1.165) is 22.9 Å². The maximum absolute atomic E-state index is 11.0. The van der Waals surface area contributed by atoms with Crippen molar-refractivity contribution in [2.45, 2.75) is 45.8 Å². The Morgan fingerprint density at radius 2 is 1.82 bits per heavy atom. The summed E-state index contributed by atoms with van der Waals surface area (Å²) in [4.78, 5) is 11.0. The first-order valence-corrected chi connectivity index (χ1v) is 8.06. The number of hydrogen-bond acceptors (Lipinski definition) is 4. The molecule has 22 heavy (non-hydrogen) atoms. The molecule has 0 aromatic heterocycles. The lowest BCUT2D eigenvalue weighted by atomic mass is 9.78. The van der Waals surface area contributed by atoms with E-state index in [-0.39, 0.29) is 11.2 Å². The van der Waals surface area contributed by atoms with Crippen LogP contribution >= 0.6 is 12.6 Å². The van der Waals surface area contributed by atoms with Crippen molar-refractivity contribution in [3.05, 3.63) is 40.4 Å². The lowest BCUT2D eigenvalue weighted by molar-refractivity contribution is 0.00578. The summed E-state index contributed by atoms with van der Waals surface area (Å²) in [6.45, 7) is 10.1. The molecule has 1 saturated heterocycles. The summed E-state index contributed by atoms with van der Waals surface area (Å²) >= 11 is 4.42. The minimum absolute atomic E-state index is 0.376. The zero-order valence-electron chi connectivity index (χ0n) is 13.8.